The molecule has 0 aromatic heterocycles. The normalized spacial score (nSPS) is 17.8. The fraction of sp³-hybridized carbons (Fsp3) is 0.118. The molecule has 1 heterocycles. The molecular formula is C34H34N3O5P3. The van der Waals surface area contributed by atoms with Gasteiger partial charge in [0.25, 0.3) is 7.43 Å². The van der Waals surface area contributed by atoms with Crippen molar-refractivity contribution in [3.8, 4) is 28.7 Å². The molecule has 1 aliphatic heterocycles. The Bertz CT molecular complexity index is 1670. The van der Waals surface area contributed by atoms with E-state index in [0.717, 1.165) is 12.8 Å². The van der Waals surface area contributed by atoms with E-state index in [2.05, 4.69) is 6.92 Å². The van der Waals surface area contributed by atoms with Crippen LogP contribution in [0.25, 0.3) is 0 Å². The maximum absolute atomic E-state index is 6.86. The van der Waals surface area contributed by atoms with Gasteiger partial charge in [-0.25, -0.2) is 0 Å². The van der Waals surface area contributed by atoms with Crippen LogP contribution in [-0.2, 0) is 0 Å². The Labute approximate surface area is 264 Å². The van der Waals surface area contributed by atoms with Crippen LogP contribution in [-0.4, -0.2) is 6.16 Å². The third-order valence-electron chi connectivity index (χ3n) is 6.40. The van der Waals surface area contributed by atoms with Gasteiger partial charge in [-0.1, -0.05) is 109 Å². The molecule has 8 nitrogen and oxygen atoms in total. The zero-order valence-corrected chi connectivity index (χ0v) is 27.5. The van der Waals surface area contributed by atoms with Gasteiger partial charge in [-0.05, 0) is 67.1 Å². The van der Waals surface area contributed by atoms with Gasteiger partial charge in [-0.15, -0.1) is 9.03 Å². The van der Waals surface area contributed by atoms with E-state index in [9.17, 15) is 0 Å². The van der Waals surface area contributed by atoms with Gasteiger partial charge in [0.15, 0.2) is 0 Å². The van der Waals surface area contributed by atoms with Gasteiger partial charge < -0.3 is 22.6 Å². The molecule has 1 aliphatic rings. The predicted molar refractivity (Wildman–Crippen MR) is 183 cm³/mol. The average Bonchev–Trinajstić information content (AvgIpc) is 3.06. The Morgan fingerprint density at radius 2 is 0.711 bits per heavy atom. The van der Waals surface area contributed by atoms with E-state index in [1.807, 2.05) is 152 Å². The largest absolute Gasteiger partial charge is 0.458 e. The monoisotopic (exact) mass is 657 g/mol. The third kappa shape index (κ3) is 8.09. The second-order valence-electron chi connectivity index (χ2n) is 10.0. The second kappa shape index (κ2) is 14.3. The van der Waals surface area contributed by atoms with Crippen LogP contribution in [0, 0.1) is 0 Å². The highest BCUT2D eigenvalue weighted by Gasteiger charge is 2.46. The van der Waals surface area contributed by atoms with Crippen molar-refractivity contribution in [1.29, 1.82) is 0 Å². The predicted octanol–water partition coefficient (Wildman–Crippen LogP) is 12.1. The van der Waals surface area contributed by atoms with Crippen LogP contribution in [0.5, 0.6) is 28.7 Å². The zero-order valence-electron chi connectivity index (χ0n) is 24.8. The molecule has 0 spiro atoms. The molecule has 1 unspecified atom stereocenters. The zero-order chi connectivity index (χ0) is 30.8. The molecular weight excluding hydrogens is 623 g/mol. The highest BCUT2D eigenvalue weighted by molar-refractivity contribution is 7.80. The fourth-order valence-electron chi connectivity index (χ4n) is 4.39. The van der Waals surface area contributed by atoms with Crippen molar-refractivity contribution in [2.45, 2.75) is 19.8 Å². The van der Waals surface area contributed by atoms with Crippen molar-refractivity contribution < 1.29 is 22.6 Å². The number of para-hydroxylation sites is 5. The summed E-state index contributed by atoms with van der Waals surface area (Å²) in [5.74, 6) is 2.80. The van der Waals surface area contributed by atoms with Crippen LogP contribution in [0.3, 0.4) is 0 Å². The highest BCUT2D eigenvalue weighted by Crippen LogP contribution is 2.78. The molecule has 0 saturated carbocycles. The molecule has 0 bridgehead atoms. The molecule has 0 aliphatic carbocycles. The molecule has 0 saturated heterocycles. The van der Waals surface area contributed by atoms with Crippen LogP contribution in [0.15, 0.2) is 165 Å². The maximum Gasteiger partial charge on any atom is 0.458 e. The Morgan fingerprint density at radius 1 is 0.400 bits per heavy atom. The number of hydrogen-bond acceptors (Lipinski definition) is 8. The number of rotatable bonds is 13. The standard InChI is InChI=1S/C34H34N3O5P3/c1-2-3-29-43(38-30-19-9-4-10-20-30)35-44(39-31-21-11-5-12-22-31,40-32-23-13-6-14-24-32)37-45(36-43,41-33-25-15-7-16-26-33)42-34-27-17-8-18-28-34/h4-28H,2-3,29H2,1H3. The van der Waals surface area contributed by atoms with Crippen LogP contribution in [0.4, 0.5) is 0 Å². The molecule has 45 heavy (non-hydrogen) atoms. The maximum atomic E-state index is 6.86. The van der Waals surface area contributed by atoms with Crippen molar-refractivity contribution in [3.05, 3.63) is 152 Å². The van der Waals surface area contributed by atoms with E-state index in [1.54, 1.807) is 0 Å². The summed E-state index contributed by atoms with van der Waals surface area (Å²) >= 11 is 0. The first-order valence-electron chi connectivity index (χ1n) is 14.7. The minimum Gasteiger partial charge on any atom is -0.441 e. The summed E-state index contributed by atoms with van der Waals surface area (Å²) < 4.78 is 49.8. The Kier molecular flexibility index (Phi) is 9.76. The van der Waals surface area contributed by atoms with Gasteiger partial charge in [-0.3, -0.25) is 0 Å². The van der Waals surface area contributed by atoms with Gasteiger partial charge in [0, 0.05) is 6.16 Å². The van der Waals surface area contributed by atoms with Crippen molar-refractivity contribution >= 4 is 22.8 Å². The number of hydrogen-bond donors (Lipinski definition) is 0. The van der Waals surface area contributed by atoms with E-state index >= 15 is 0 Å². The van der Waals surface area contributed by atoms with E-state index in [-0.39, 0.29) is 0 Å². The minimum atomic E-state index is -3.65. The molecule has 11 heteroatoms. The summed E-state index contributed by atoms with van der Waals surface area (Å²) in [4.78, 5) is 0. The molecule has 0 amide bonds. The van der Waals surface area contributed by atoms with Gasteiger partial charge in [0.05, 0.1) is 0 Å². The third-order valence-corrected chi connectivity index (χ3v) is 15.4. The average molecular weight is 658 g/mol. The number of nitrogens with zero attached hydrogens (tertiary/aromatic N) is 3. The summed E-state index contributed by atoms with van der Waals surface area (Å²) in [6.07, 6.45) is 2.21. The van der Waals surface area contributed by atoms with Gasteiger partial charge in [-0.2, -0.15) is 0 Å². The van der Waals surface area contributed by atoms with Crippen molar-refractivity contribution in [1.82, 2.24) is 0 Å². The van der Waals surface area contributed by atoms with Crippen molar-refractivity contribution in [2.24, 2.45) is 13.5 Å². The Morgan fingerprint density at radius 3 is 1.04 bits per heavy atom. The van der Waals surface area contributed by atoms with Gasteiger partial charge in [0.2, 0.25) is 0 Å². The SMILES string of the molecule is CCCCP1(Oc2ccccc2)=NP(Oc2ccccc2)(Oc2ccccc2)=NP(Oc2ccccc2)(Oc2ccccc2)=N1. The summed E-state index contributed by atoms with van der Waals surface area (Å²) in [5.41, 5.74) is 0. The van der Waals surface area contributed by atoms with Crippen LogP contribution in [0.2, 0.25) is 0 Å². The summed E-state index contributed by atoms with van der Waals surface area (Å²) in [7, 11) is -10.5. The Hall–Kier alpha value is -4.21. The molecule has 0 fully saturated rings. The fourth-order valence-corrected chi connectivity index (χ4v) is 14.9. The van der Waals surface area contributed by atoms with Crippen LogP contribution < -0.4 is 22.6 Å². The summed E-state index contributed by atoms with van der Waals surface area (Å²) in [6, 6.07) is 47.3. The lowest BCUT2D eigenvalue weighted by molar-refractivity contribution is 0.457. The van der Waals surface area contributed by atoms with Gasteiger partial charge >= 0.3 is 15.3 Å². The second-order valence-corrected chi connectivity index (χ2v) is 16.8. The number of benzene rings is 5. The summed E-state index contributed by atoms with van der Waals surface area (Å²) in [6.45, 7) is 2.13. The quantitative estimate of drug-likeness (QED) is 0.118. The highest BCUT2D eigenvalue weighted by atomic mass is 31.3. The molecule has 1 atom stereocenters. The van der Waals surface area contributed by atoms with Crippen molar-refractivity contribution in [3.63, 3.8) is 0 Å². The van der Waals surface area contributed by atoms with E-state index in [0.29, 0.717) is 34.9 Å². The van der Waals surface area contributed by atoms with E-state index < -0.39 is 22.8 Å². The molecule has 5 aromatic carbocycles. The molecule has 0 radical (unpaired) electrons. The van der Waals surface area contributed by atoms with E-state index in [1.165, 1.54) is 0 Å². The lowest BCUT2D eigenvalue weighted by Crippen LogP contribution is -2.10. The smallest absolute Gasteiger partial charge is 0.441 e. The first-order valence-corrected chi connectivity index (χ1v) is 19.6. The molecule has 6 rings (SSSR count). The van der Waals surface area contributed by atoms with E-state index in [4.69, 9.17) is 36.2 Å². The van der Waals surface area contributed by atoms with Gasteiger partial charge in [0.1, 0.15) is 28.7 Å². The topological polar surface area (TPSA) is 83.2 Å². The number of unbranched alkanes of at least 4 members (excludes halogenated alkanes) is 1. The Balaban J connectivity index is 1.66. The minimum absolute atomic E-state index is 0.518. The lowest BCUT2D eigenvalue weighted by atomic mass is 10.3. The van der Waals surface area contributed by atoms with Crippen molar-refractivity contribution in [2.75, 3.05) is 6.16 Å². The van der Waals surface area contributed by atoms with Crippen LogP contribution in [0.1, 0.15) is 19.8 Å². The first kappa shape index (κ1) is 30.8. The summed E-state index contributed by atoms with van der Waals surface area (Å²) in [5, 5.41) is 0. The molecule has 5 aromatic rings. The molecule has 230 valence electrons. The molecule has 0 N–H and O–H groups in total. The lowest BCUT2D eigenvalue weighted by Gasteiger charge is -2.34. The van der Waals surface area contributed by atoms with Crippen LogP contribution >= 0.6 is 22.8 Å². The first-order chi connectivity index (χ1) is 22.1.